The second kappa shape index (κ2) is 5.91. The largest absolute Gasteiger partial charge is 0.355 e. The fraction of sp³-hybridized carbons (Fsp3) is 0.571. The first-order valence-corrected chi connectivity index (χ1v) is 6.81. The lowest BCUT2D eigenvalue weighted by Crippen LogP contribution is -2.17. The number of nitrogens with one attached hydrogen (secondary N) is 1. The summed E-state index contributed by atoms with van der Waals surface area (Å²) in [6.07, 6.45) is 7.75. The van der Waals surface area contributed by atoms with Crippen molar-refractivity contribution in [3.05, 3.63) is 30.6 Å². The summed E-state index contributed by atoms with van der Waals surface area (Å²) in [5.41, 5.74) is 1.05. The highest BCUT2D eigenvalue weighted by Crippen LogP contribution is 2.17. The van der Waals surface area contributed by atoms with E-state index < -0.39 is 0 Å². The Labute approximate surface area is 114 Å². The molecule has 0 aromatic carbocycles. The molecule has 0 amide bonds. The Morgan fingerprint density at radius 1 is 1.32 bits per heavy atom. The van der Waals surface area contributed by atoms with Gasteiger partial charge in [-0.1, -0.05) is 13.8 Å². The van der Waals surface area contributed by atoms with E-state index in [1.807, 2.05) is 25.6 Å². The van der Waals surface area contributed by atoms with E-state index in [4.69, 9.17) is 0 Å². The fourth-order valence-corrected chi connectivity index (χ4v) is 2.07. The summed E-state index contributed by atoms with van der Waals surface area (Å²) in [5, 5.41) is 3.42. The van der Waals surface area contributed by atoms with Gasteiger partial charge in [0.1, 0.15) is 0 Å². The van der Waals surface area contributed by atoms with Crippen LogP contribution in [0.2, 0.25) is 0 Å². The lowest BCUT2D eigenvalue weighted by Gasteiger charge is -2.18. The van der Waals surface area contributed by atoms with Gasteiger partial charge in [-0.2, -0.15) is 0 Å². The molecule has 0 aliphatic rings. The minimum atomic E-state index is 0.338. The molecule has 1 N–H and O–H groups in total. The summed E-state index contributed by atoms with van der Waals surface area (Å²) in [5.74, 6) is 1.56. The van der Waals surface area contributed by atoms with E-state index in [0.29, 0.717) is 12.0 Å². The molecule has 0 spiro atoms. The number of hydrogen-bond acceptors (Lipinski definition) is 3. The van der Waals surface area contributed by atoms with Crippen molar-refractivity contribution in [3.63, 3.8) is 0 Å². The van der Waals surface area contributed by atoms with Crippen molar-refractivity contribution < 1.29 is 0 Å². The van der Waals surface area contributed by atoms with E-state index in [-0.39, 0.29) is 0 Å². The average molecular weight is 261 g/mol. The Bertz CT molecular complexity index is 498. The number of hydrogen-bond donors (Lipinski definition) is 1. The first kappa shape index (κ1) is 13.6. The van der Waals surface area contributed by atoms with Gasteiger partial charge in [-0.3, -0.25) is 0 Å². The second-order valence-corrected chi connectivity index (χ2v) is 5.50. The molecule has 5 heteroatoms. The van der Waals surface area contributed by atoms with Crippen LogP contribution in [0.3, 0.4) is 0 Å². The van der Waals surface area contributed by atoms with Gasteiger partial charge in [0.05, 0.1) is 18.1 Å². The summed E-state index contributed by atoms with van der Waals surface area (Å²) in [4.78, 5) is 8.64. The molecule has 2 rings (SSSR count). The summed E-state index contributed by atoms with van der Waals surface area (Å²) < 4.78 is 4.30. The molecule has 0 aliphatic carbocycles. The van der Waals surface area contributed by atoms with Crippen LogP contribution in [0.15, 0.2) is 24.9 Å². The average Bonchev–Trinajstić information content (AvgIpc) is 2.95. The van der Waals surface area contributed by atoms with E-state index in [9.17, 15) is 0 Å². The van der Waals surface area contributed by atoms with E-state index in [1.165, 1.54) is 0 Å². The van der Waals surface area contributed by atoms with Crippen molar-refractivity contribution in [2.45, 2.75) is 40.3 Å². The van der Waals surface area contributed by atoms with Gasteiger partial charge >= 0.3 is 0 Å². The maximum Gasteiger partial charge on any atom is 0.203 e. The Morgan fingerprint density at radius 3 is 2.74 bits per heavy atom. The molecular weight excluding hydrogens is 238 g/mol. The first-order chi connectivity index (χ1) is 9.06. The van der Waals surface area contributed by atoms with Crippen LogP contribution in [-0.2, 0) is 6.54 Å². The molecule has 0 radical (unpaired) electrons. The van der Waals surface area contributed by atoms with Gasteiger partial charge < -0.3 is 14.5 Å². The molecule has 0 bridgehead atoms. The van der Waals surface area contributed by atoms with Crippen LogP contribution in [0.4, 0.5) is 5.95 Å². The summed E-state index contributed by atoms with van der Waals surface area (Å²) >= 11 is 0. The molecule has 1 unspecified atom stereocenters. The molecule has 19 heavy (non-hydrogen) atoms. The van der Waals surface area contributed by atoms with Gasteiger partial charge in [0.15, 0.2) is 0 Å². The third-order valence-electron chi connectivity index (χ3n) is 3.03. The third-order valence-corrected chi connectivity index (χ3v) is 3.03. The molecule has 2 aromatic rings. The van der Waals surface area contributed by atoms with Crippen molar-refractivity contribution in [2.24, 2.45) is 5.92 Å². The van der Waals surface area contributed by atoms with Gasteiger partial charge in [0.25, 0.3) is 0 Å². The number of rotatable bonds is 6. The highest BCUT2D eigenvalue weighted by molar-refractivity contribution is 5.29. The molecule has 0 saturated carbocycles. The predicted octanol–water partition coefficient (Wildman–Crippen LogP) is 2.72. The number of anilines is 1. The number of aryl methyl sites for hydroxylation is 1. The molecular formula is C14H23N5. The summed E-state index contributed by atoms with van der Waals surface area (Å²) in [6, 6.07) is 0.338. The van der Waals surface area contributed by atoms with E-state index in [2.05, 4.69) is 51.4 Å². The van der Waals surface area contributed by atoms with Crippen LogP contribution in [0.25, 0.3) is 0 Å². The SMILES string of the molecule is Cc1cn(C(C)Cn2ccnc2)c(NCC(C)C)n1. The van der Waals surface area contributed by atoms with Gasteiger partial charge in [-0.05, 0) is 19.8 Å². The molecule has 0 aliphatic heterocycles. The topological polar surface area (TPSA) is 47.7 Å². The lowest BCUT2D eigenvalue weighted by atomic mass is 10.2. The van der Waals surface area contributed by atoms with Crippen LogP contribution in [0.5, 0.6) is 0 Å². The highest BCUT2D eigenvalue weighted by atomic mass is 15.2. The zero-order valence-corrected chi connectivity index (χ0v) is 12.2. The second-order valence-electron chi connectivity index (χ2n) is 5.50. The van der Waals surface area contributed by atoms with Crippen molar-refractivity contribution in [2.75, 3.05) is 11.9 Å². The van der Waals surface area contributed by atoms with Crippen LogP contribution in [0, 0.1) is 12.8 Å². The molecule has 2 aromatic heterocycles. The standard InChI is InChI=1S/C14H23N5/c1-11(2)7-16-14-17-12(3)8-19(14)13(4)9-18-6-5-15-10-18/h5-6,8,10-11,13H,7,9H2,1-4H3,(H,16,17). The van der Waals surface area contributed by atoms with Crippen LogP contribution in [-0.4, -0.2) is 25.6 Å². The van der Waals surface area contributed by atoms with Gasteiger partial charge in [-0.15, -0.1) is 0 Å². The van der Waals surface area contributed by atoms with E-state index in [0.717, 1.165) is 24.7 Å². The predicted molar refractivity (Wildman–Crippen MR) is 77.2 cm³/mol. The molecule has 0 fully saturated rings. The fourth-order valence-electron chi connectivity index (χ4n) is 2.07. The minimum Gasteiger partial charge on any atom is -0.355 e. The van der Waals surface area contributed by atoms with Gasteiger partial charge in [0, 0.05) is 31.7 Å². The molecule has 1 atom stereocenters. The van der Waals surface area contributed by atoms with Crippen molar-refractivity contribution in [1.82, 2.24) is 19.1 Å². The summed E-state index contributed by atoms with van der Waals surface area (Å²) in [6.45, 7) is 10.5. The number of imidazole rings is 2. The van der Waals surface area contributed by atoms with Crippen molar-refractivity contribution in [1.29, 1.82) is 0 Å². The van der Waals surface area contributed by atoms with Gasteiger partial charge in [-0.25, -0.2) is 9.97 Å². The minimum absolute atomic E-state index is 0.338. The van der Waals surface area contributed by atoms with Crippen LogP contribution >= 0.6 is 0 Å². The van der Waals surface area contributed by atoms with Crippen LogP contribution < -0.4 is 5.32 Å². The van der Waals surface area contributed by atoms with Crippen molar-refractivity contribution in [3.8, 4) is 0 Å². The summed E-state index contributed by atoms with van der Waals surface area (Å²) in [7, 11) is 0. The third kappa shape index (κ3) is 3.59. The Morgan fingerprint density at radius 2 is 2.11 bits per heavy atom. The maximum absolute atomic E-state index is 4.56. The smallest absolute Gasteiger partial charge is 0.203 e. The quantitative estimate of drug-likeness (QED) is 0.869. The Hall–Kier alpha value is -1.78. The molecule has 104 valence electrons. The number of nitrogens with zero attached hydrogens (tertiary/aromatic N) is 4. The van der Waals surface area contributed by atoms with E-state index in [1.54, 1.807) is 0 Å². The zero-order chi connectivity index (χ0) is 13.8. The normalized spacial score (nSPS) is 12.9. The molecule has 0 saturated heterocycles. The molecule has 5 nitrogen and oxygen atoms in total. The lowest BCUT2D eigenvalue weighted by molar-refractivity contribution is 0.466. The molecule has 2 heterocycles. The van der Waals surface area contributed by atoms with E-state index >= 15 is 0 Å². The van der Waals surface area contributed by atoms with Gasteiger partial charge in [0.2, 0.25) is 5.95 Å². The maximum atomic E-state index is 4.56. The Balaban J connectivity index is 2.09. The van der Waals surface area contributed by atoms with Crippen LogP contribution in [0.1, 0.15) is 32.5 Å². The zero-order valence-electron chi connectivity index (χ0n) is 12.2. The highest BCUT2D eigenvalue weighted by Gasteiger charge is 2.12. The Kier molecular flexibility index (Phi) is 4.24. The first-order valence-electron chi connectivity index (χ1n) is 6.81. The monoisotopic (exact) mass is 261 g/mol. The van der Waals surface area contributed by atoms with Crippen molar-refractivity contribution >= 4 is 5.95 Å². The number of aromatic nitrogens is 4.